The number of methoxy groups -OCH3 is 1. The predicted molar refractivity (Wildman–Crippen MR) is 117 cm³/mol. The summed E-state index contributed by atoms with van der Waals surface area (Å²) in [5.41, 5.74) is 3.25. The molecule has 1 fully saturated rings. The smallest absolute Gasteiger partial charge is 0.262 e. The highest BCUT2D eigenvalue weighted by Gasteiger charge is 2.27. The Balaban J connectivity index is 1.47. The first-order valence-electron chi connectivity index (χ1n) is 10.2. The summed E-state index contributed by atoms with van der Waals surface area (Å²) in [5, 5.41) is 2.83. The van der Waals surface area contributed by atoms with Crippen molar-refractivity contribution in [3.63, 3.8) is 0 Å². The van der Waals surface area contributed by atoms with Gasteiger partial charge in [-0.3, -0.25) is 4.79 Å². The van der Waals surface area contributed by atoms with Crippen LogP contribution in [0.4, 0.5) is 5.82 Å². The minimum atomic E-state index is -0.313. The second-order valence-corrected chi connectivity index (χ2v) is 7.55. The van der Waals surface area contributed by atoms with Crippen LogP contribution in [0.2, 0.25) is 0 Å². The molecule has 0 atom stereocenters. The molecule has 0 unspecified atom stereocenters. The van der Waals surface area contributed by atoms with Crippen LogP contribution >= 0.6 is 0 Å². The number of nitrogens with zero attached hydrogens (tertiary/aromatic N) is 3. The molecule has 7 heteroatoms. The Bertz CT molecular complexity index is 1230. The summed E-state index contributed by atoms with van der Waals surface area (Å²) in [6.45, 7) is 0.352. The van der Waals surface area contributed by atoms with E-state index in [0.29, 0.717) is 35.5 Å². The highest BCUT2D eigenvalue weighted by Crippen LogP contribution is 2.39. The summed E-state index contributed by atoms with van der Waals surface area (Å²) in [6, 6.07) is 16.9. The van der Waals surface area contributed by atoms with Crippen LogP contribution in [0, 0.1) is 0 Å². The Labute approximate surface area is 179 Å². The molecule has 4 aromatic rings. The minimum absolute atomic E-state index is 0.313. The Morgan fingerprint density at radius 2 is 1.94 bits per heavy atom. The molecule has 5 rings (SSSR count). The number of nitrogens with one attached hydrogen (secondary N) is 1. The fraction of sp³-hybridized carbons (Fsp3) is 0.208. The molecule has 1 amide bonds. The van der Waals surface area contributed by atoms with Crippen LogP contribution in [-0.4, -0.2) is 27.4 Å². The molecular weight excluding hydrogens is 392 g/mol. The second-order valence-electron chi connectivity index (χ2n) is 7.55. The fourth-order valence-corrected chi connectivity index (χ4v) is 3.42. The standard InChI is InChI=1S/C24H22N4O3/c1-30-23-9-5-8-21(26-23)27-24(29)18-13-28-14-19(17-10-11-17)25-22(28)12-20(18)31-15-16-6-3-2-4-7-16/h2-9,12-14,17H,10-11,15H2,1H3,(H,26,27,29). The third-order valence-electron chi connectivity index (χ3n) is 5.23. The Morgan fingerprint density at radius 3 is 2.71 bits per heavy atom. The third kappa shape index (κ3) is 4.21. The number of ether oxygens (including phenoxy) is 2. The lowest BCUT2D eigenvalue weighted by molar-refractivity contribution is 0.102. The van der Waals surface area contributed by atoms with E-state index in [-0.39, 0.29) is 5.91 Å². The first kappa shape index (κ1) is 19.1. The van der Waals surface area contributed by atoms with Gasteiger partial charge in [0.2, 0.25) is 5.88 Å². The first-order valence-corrected chi connectivity index (χ1v) is 10.2. The highest BCUT2D eigenvalue weighted by molar-refractivity contribution is 6.05. The Morgan fingerprint density at radius 1 is 1.10 bits per heavy atom. The van der Waals surface area contributed by atoms with Crippen molar-refractivity contribution in [3.05, 3.63) is 83.8 Å². The van der Waals surface area contributed by atoms with Crippen molar-refractivity contribution in [1.82, 2.24) is 14.4 Å². The molecule has 0 saturated heterocycles. The van der Waals surface area contributed by atoms with Gasteiger partial charge in [-0.2, -0.15) is 4.98 Å². The van der Waals surface area contributed by atoms with Gasteiger partial charge in [-0.25, -0.2) is 4.98 Å². The van der Waals surface area contributed by atoms with Crippen molar-refractivity contribution in [2.45, 2.75) is 25.4 Å². The second kappa shape index (κ2) is 8.10. The number of carbonyl (C=O) groups excluding carboxylic acids is 1. The molecule has 0 bridgehead atoms. The summed E-state index contributed by atoms with van der Waals surface area (Å²) in [4.78, 5) is 22.1. The van der Waals surface area contributed by atoms with E-state index in [2.05, 4.69) is 10.3 Å². The SMILES string of the molecule is COc1cccc(NC(=O)c2cn3cc(C4CC4)nc3cc2OCc2ccccc2)n1. The van der Waals surface area contributed by atoms with Gasteiger partial charge >= 0.3 is 0 Å². The number of pyridine rings is 2. The van der Waals surface area contributed by atoms with Crippen LogP contribution in [0.1, 0.15) is 40.4 Å². The zero-order valence-electron chi connectivity index (χ0n) is 17.1. The van der Waals surface area contributed by atoms with E-state index in [4.69, 9.17) is 14.5 Å². The van der Waals surface area contributed by atoms with E-state index in [1.807, 2.05) is 47.0 Å². The number of anilines is 1. The van der Waals surface area contributed by atoms with E-state index >= 15 is 0 Å². The molecule has 0 spiro atoms. The highest BCUT2D eigenvalue weighted by atomic mass is 16.5. The molecule has 1 N–H and O–H groups in total. The number of amides is 1. The Hall–Kier alpha value is -3.87. The van der Waals surface area contributed by atoms with Crippen molar-refractivity contribution in [2.75, 3.05) is 12.4 Å². The maximum Gasteiger partial charge on any atom is 0.262 e. The number of benzene rings is 1. The van der Waals surface area contributed by atoms with E-state index < -0.39 is 0 Å². The largest absolute Gasteiger partial charge is 0.488 e. The lowest BCUT2D eigenvalue weighted by Crippen LogP contribution is -2.15. The average molecular weight is 414 g/mol. The van der Waals surface area contributed by atoms with Gasteiger partial charge in [-0.15, -0.1) is 0 Å². The quantitative estimate of drug-likeness (QED) is 0.484. The van der Waals surface area contributed by atoms with Crippen LogP contribution in [0.25, 0.3) is 5.65 Å². The normalized spacial score (nSPS) is 13.2. The van der Waals surface area contributed by atoms with Crippen LogP contribution in [0.5, 0.6) is 11.6 Å². The molecule has 1 aliphatic rings. The fourth-order valence-electron chi connectivity index (χ4n) is 3.42. The predicted octanol–water partition coefficient (Wildman–Crippen LogP) is 4.45. The number of carbonyl (C=O) groups is 1. The topological polar surface area (TPSA) is 77.8 Å². The summed E-state index contributed by atoms with van der Waals surface area (Å²) >= 11 is 0. The number of hydrogen-bond acceptors (Lipinski definition) is 5. The number of imidazole rings is 1. The number of hydrogen-bond donors (Lipinski definition) is 1. The zero-order chi connectivity index (χ0) is 21.2. The maximum atomic E-state index is 13.1. The maximum absolute atomic E-state index is 13.1. The van der Waals surface area contributed by atoms with E-state index in [1.54, 1.807) is 24.4 Å². The number of rotatable bonds is 7. The van der Waals surface area contributed by atoms with Gasteiger partial charge in [0, 0.05) is 30.4 Å². The Kier molecular flexibility index (Phi) is 5.00. The summed E-state index contributed by atoms with van der Waals surface area (Å²) in [6.07, 6.45) is 6.09. The zero-order valence-corrected chi connectivity index (χ0v) is 17.1. The molecule has 3 heterocycles. The van der Waals surface area contributed by atoms with Crippen LogP contribution in [0.3, 0.4) is 0 Å². The van der Waals surface area contributed by atoms with Crippen LogP contribution < -0.4 is 14.8 Å². The van der Waals surface area contributed by atoms with Gasteiger partial charge < -0.3 is 19.2 Å². The molecule has 1 aromatic carbocycles. The molecule has 1 saturated carbocycles. The molecule has 3 aromatic heterocycles. The van der Waals surface area contributed by atoms with Crippen molar-refractivity contribution < 1.29 is 14.3 Å². The molecule has 0 aliphatic heterocycles. The van der Waals surface area contributed by atoms with Crippen LogP contribution in [-0.2, 0) is 6.61 Å². The molecule has 31 heavy (non-hydrogen) atoms. The van der Waals surface area contributed by atoms with Gasteiger partial charge in [0.15, 0.2) is 0 Å². The van der Waals surface area contributed by atoms with Crippen molar-refractivity contribution in [1.29, 1.82) is 0 Å². The summed E-state index contributed by atoms with van der Waals surface area (Å²) in [7, 11) is 1.54. The minimum Gasteiger partial charge on any atom is -0.488 e. The first-order chi connectivity index (χ1) is 15.2. The molecule has 0 radical (unpaired) electrons. The van der Waals surface area contributed by atoms with E-state index in [0.717, 1.165) is 29.7 Å². The van der Waals surface area contributed by atoms with E-state index in [9.17, 15) is 4.79 Å². The monoisotopic (exact) mass is 414 g/mol. The van der Waals surface area contributed by atoms with Gasteiger partial charge in [0.25, 0.3) is 5.91 Å². The number of fused-ring (bicyclic) bond motifs is 1. The van der Waals surface area contributed by atoms with Gasteiger partial charge in [-0.1, -0.05) is 36.4 Å². The molecule has 156 valence electrons. The molecule has 7 nitrogen and oxygen atoms in total. The van der Waals surface area contributed by atoms with Gasteiger partial charge in [0.1, 0.15) is 23.8 Å². The number of aromatic nitrogens is 3. The van der Waals surface area contributed by atoms with Crippen molar-refractivity contribution in [3.8, 4) is 11.6 Å². The lowest BCUT2D eigenvalue weighted by Gasteiger charge is -2.13. The molecule has 1 aliphatic carbocycles. The third-order valence-corrected chi connectivity index (χ3v) is 5.23. The van der Waals surface area contributed by atoms with Crippen LogP contribution in [0.15, 0.2) is 67.0 Å². The van der Waals surface area contributed by atoms with Gasteiger partial charge in [-0.05, 0) is 24.5 Å². The summed E-state index contributed by atoms with van der Waals surface area (Å²) in [5.74, 6) is 1.52. The van der Waals surface area contributed by atoms with E-state index in [1.165, 1.54) is 7.11 Å². The lowest BCUT2D eigenvalue weighted by atomic mass is 10.2. The van der Waals surface area contributed by atoms with Gasteiger partial charge in [0.05, 0.1) is 18.4 Å². The van der Waals surface area contributed by atoms with Crippen molar-refractivity contribution >= 4 is 17.4 Å². The summed E-state index contributed by atoms with van der Waals surface area (Å²) < 4.78 is 13.1. The van der Waals surface area contributed by atoms with Crippen molar-refractivity contribution in [2.24, 2.45) is 0 Å². The molecular formula is C24H22N4O3. The average Bonchev–Trinajstić information content (AvgIpc) is 3.57.